The Balaban J connectivity index is 1.79. The van der Waals surface area contributed by atoms with Gasteiger partial charge in [-0.25, -0.2) is 4.98 Å². The van der Waals surface area contributed by atoms with Crippen LogP contribution in [0.3, 0.4) is 0 Å². The third kappa shape index (κ3) is 4.76. The number of aromatic nitrogens is 2. The zero-order valence-corrected chi connectivity index (χ0v) is 18.0. The molecule has 2 aromatic heterocycles. The van der Waals surface area contributed by atoms with Crippen molar-refractivity contribution in [2.75, 3.05) is 12.4 Å². The number of pyridine rings is 2. The highest BCUT2D eigenvalue weighted by Crippen LogP contribution is 2.29. The van der Waals surface area contributed by atoms with Crippen molar-refractivity contribution in [2.24, 2.45) is 0 Å². The molecule has 2 heterocycles. The Morgan fingerprint density at radius 3 is 2.63 bits per heavy atom. The lowest BCUT2D eigenvalue weighted by molar-refractivity contribution is -0.146. The Bertz CT molecular complexity index is 1050. The van der Waals surface area contributed by atoms with Gasteiger partial charge in [0.15, 0.2) is 0 Å². The van der Waals surface area contributed by atoms with Crippen molar-refractivity contribution in [3.8, 4) is 11.5 Å². The second-order valence-electron chi connectivity index (χ2n) is 7.54. The first-order valence-electron chi connectivity index (χ1n) is 9.90. The summed E-state index contributed by atoms with van der Waals surface area (Å²) in [5.41, 5.74) is 2.80. The van der Waals surface area contributed by atoms with Gasteiger partial charge in [0.1, 0.15) is 17.3 Å². The van der Waals surface area contributed by atoms with E-state index in [-0.39, 0.29) is 5.97 Å². The molecule has 3 rings (SSSR count). The third-order valence-corrected chi connectivity index (χ3v) is 4.97. The first kappa shape index (κ1) is 21.3. The Kier molecular flexibility index (Phi) is 6.35. The third-order valence-electron chi connectivity index (χ3n) is 4.97. The van der Waals surface area contributed by atoms with Gasteiger partial charge in [0.05, 0.1) is 18.2 Å². The van der Waals surface area contributed by atoms with Crippen molar-refractivity contribution < 1.29 is 14.3 Å². The highest BCUT2D eigenvalue weighted by atomic mass is 16.5. The molecule has 0 amide bonds. The summed E-state index contributed by atoms with van der Waals surface area (Å²) in [5.74, 6) is 1.72. The zero-order valence-electron chi connectivity index (χ0n) is 18.0. The lowest BCUT2D eigenvalue weighted by Crippen LogP contribution is -2.30. The highest BCUT2D eigenvalue weighted by molar-refractivity contribution is 5.82. The molecule has 0 unspecified atom stereocenters. The summed E-state index contributed by atoms with van der Waals surface area (Å²) in [6.45, 7) is 7.68. The molecule has 1 N–H and O–H groups in total. The number of hydrogen-bond acceptors (Lipinski definition) is 6. The van der Waals surface area contributed by atoms with Gasteiger partial charge in [-0.3, -0.25) is 9.78 Å². The molecule has 0 bridgehead atoms. The van der Waals surface area contributed by atoms with E-state index < -0.39 is 5.41 Å². The quantitative estimate of drug-likeness (QED) is 0.535. The standard InChI is InChI=1S/C24H27N3O3/c1-6-18-10-11-21(16(2)26-18)30-20-12-13-25-22(15-20)27-19-9-7-8-17(14-19)24(3,4)23(28)29-5/h7-15H,6H2,1-5H3,(H,25,27). The van der Waals surface area contributed by atoms with Gasteiger partial charge in [-0.05, 0) is 63.1 Å². The van der Waals surface area contributed by atoms with Gasteiger partial charge in [0.25, 0.3) is 0 Å². The van der Waals surface area contributed by atoms with Crippen LogP contribution in [-0.4, -0.2) is 23.0 Å². The number of rotatable bonds is 7. The summed E-state index contributed by atoms with van der Waals surface area (Å²) in [6, 6.07) is 15.2. The van der Waals surface area contributed by atoms with Crippen LogP contribution in [0.4, 0.5) is 11.5 Å². The fourth-order valence-electron chi connectivity index (χ4n) is 3.08. The van der Waals surface area contributed by atoms with E-state index in [1.54, 1.807) is 12.3 Å². The normalized spacial score (nSPS) is 11.1. The van der Waals surface area contributed by atoms with E-state index in [0.717, 1.165) is 29.1 Å². The second kappa shape index (κ2) is 8.95. The van der Waals surface area contributed by atoms with Crippen molar-refractivity contribution >= 4 is 17.5 Å². The fourth-order valence-corrected chi connectivity index (χ4v) is 3.08. The minimum Gasteiger partial charge on any atom is -0.468 e. The van der Waals surface area contributed by atoms with E-state index in [1.165, 1.54) is 7.11 Å². The van der Waals surface area contributed by atoms with Crippen molar-refractivity contribution in [2.45, 2.75) is 39.5 Å². The van der Waals surface area contributed by atoms with Crippen LogP contribution in [0.2, 0.25) is 0 Å². The predicted octanol–water partition coefficient (Wildman–Crippen LogP) is 5.33. The number of carbonyl (C=O) groups is 1. The number of hydrogen-bond donors (Lipinski definition) is 1. The number of nitrogens with zero attached hydrogens (tertiary/aromatic N) is 2. The first-order valence-corrected chi connectivity index (χ1v) is 9.90. The van der Waals surface area contributed by atoms with Crippen LogP contribution < -0.4 is 10.1 Å². The van der Waals surface area contributed by atoms with Gasteiger partial charge in [0.2, 0.25) is 0 Å². The topological polar surface area (TPSA) is 73.3 Å². The van der Waals surface area contributed by atoms with E-state index >= 15 is 0 Å². The molecule has 0 aliphatic carbocycles. The van der Waals surface area contributed by atoms with Crippen molar-refractivity contribution in [3.05, 3.63) is 71.7 Å². The number of methoxy groups -OCH3 is 1. The molecule has 0 radical (unpaired) electrons. The van der Waals surface area contributed by atoms with Crippen LogP contribution in [0.15, 0.2) is 54.7 Å². The maximum absolute atomic E-state index is 12.1. The van der Waals surface area contributed by atoms with E-state index in [9.17, 15) is 4.79 Å². The van der Waals surface area contributed by atoms with Gasteiger partial charge < -0.3 is 14.8 Å². The summed E-state index contributed by atoms with van der Waals surface area (Å²) in [5, 5.41) is 3.27. The molecule has 0 aliphatic heterocycles. The smallest absolute Gasteiger partial charge is 0.315 e. The Morgan fingerprint density at radius 1 is 1.13 bits per heavy atom. The van der Waals surface area contributed by atoms with Crippen molar-refractivity contribution in [1.29, 1.82) is 0 Å². The number of anilines is 2. The molecule has 0 spiro atoms. The van der Waals surface area contributed by atoms with Gasteiger partial charge >= 0.3 is 5.97 Å². The van der Waals surface area contributed by atoms with Gasteiger partial charge in [0, 0.05) is 23.6 Å². The molecule has 30 heavy (non-hydrogen) atoms. The summed E-state index contributed by atoms with van der Waals surface area (Å²) in [7, 11) is 1.40. The van der Waals surface area contributed by atoms with Crippen LogP contribution in [0.5, 0.6) is 11.5 Å². The Labute approximate surface area is 177 Å². The Morgan fingerprint density at radius 2 is 1.93 bits per heavy atom. The predicted molar refractivity (Wildman–Crippen MR) is 117 cm³/mol. The monoisotopic (exact) mass is 405 g/mol. The average molecular weight is 405 g/mol. The molecular formula is C24H27N3O3. The molecule has 3 aromatic rings. The summed E-state index contributed by atoms with van der Waals surface area (Å²) >= 11 is 0. The van der Waals surface area contributed by atoms with E-state index in [0.29, 0.717) is 17.3 Å². The second-order valence-corrected chi connectivity index (χ2v) is 7.54. The molecule has 6 nitrogen and oxygen atoms in total. The lowest BCUT2D eigenvalue weighted by Gasteiger charge is -2.22. The van der Waals surface area contributed by atoms with Gasteiger partial charge in [-0.2, -0.15) is 0 Å². The molecule has 0 atom stereocenters. The molecule has 156 valence electrons. The molecule has 0 saturated heterocycles. The maximum atomic E-state index is 12.1. The zero-order chi connectivity index (χ0) is 21.7. The number of esters is 1. The summed E-state index contributed by atoms with van der Waals surface area (Å²) in [4.78, 5) is 21.0. The van der Waals surface area contributed by atoms with Crippen LogP contribution >= 0.6 is 0 Å². The molecule has 0 saturated carbocycles. The molecular weight excluding hydrogens is 378 g/mol. The number of aryl methyl sites for hydroxylation is 2. The number of nitrogens with one attached hydrogen (secondary N) is 1. The minimum absolute atomic E-state index is 0.286. The van der Waals surface area contributed by atoms with E-state index in [1.807, 2.05) is 63.2 Å². The van der Waals surface area contributed by atoms with Gasteiger partial charge in [-0.1, -0.05) is 19.1 Å². The highest BCUT2D eigenvalue weighted by Gasteiger charge is 2.30. The van der Waals surface area contributed by atoms with Crippen molar-refractivity contribution in [1.82, 2.24) is 9.97 Å². The molecule has 0 aliphatic rings. The molecule has 1 aromatic carbocycles. The number of ether oxygens (including phenoxy) is 2. The molecule has 6 heteroatoms. The SMILES string of the molecule is CCc1ccc(Oc2ccnc(Nc3cccc(C(C)(C)C(=O)OC)c3)c2)c(C)n1. The largest absolute Gasteiger partial charge is 0.468 e. The number of benzene rings is 1. The van der Waals surface area contributed by atoms with E-state index in [4.69, 9.17) is 9.47 Å². The number of carbonyl (C=O) groups excluding carboxylic acids is 1. The van der Waals surface area contributed by atoms with Crippen LogP contribution in [0.25, 0.3) is 0 Å². The average Bonchev–Trinajstić information content (AvgIpc) is 2.75. The van der Waals surface area contributed by atoms with Crippen LogP contribution in [-0.2, 0) is 21.4 Å². The fraction of sp³-hybridized carbons (Fsp3) is 0.292. The van der Waals surface area contributed by atoms with E-state index in [2.05, 4.69) is 22.2 Å². The summed E-state index contributed by atoms with van der Waals surface area (Å²) < 4.78 is 10.9. The summed E-state index contributed by atoms with van der Waals surface area (Å²) in [6.07, 6.45) is 2.57. The molecule has 0 fully saturated rings. The van der Waals surface area contributed by atoms with Crippen LogP contribution in [0.1, 0.15) is 37.7 Å². The minimum atomic E-state index is -0.750. The van der Waals surface area contributed by atoms with Crippen LogP contribution in [0, 0.1) is 6.92 Å². The first-order chi connectivity index (χ1) is 14.3. The Hall–Kier alpha value is -3.41. The lowest BCUT2D eigenvalue weighted by atomic mass is 9.84. The van der Waals surface area contributed by atoms with Gasteiger partial charge in [-0.15, -0.1) is 0 Å². The van der Waals surface area contributed by atoms with Crippen molar-refractivity contribution in [3.63, 3.8) is 0 Å². The maximum Gasteiger partial charge on any atom is 0.315 e.